The SMILES string of the molecule is CCC(CC)CN(C)CC1CCCC1O. The molecule has 90 valence electrons. The van der Waals surface area contributed by atoms with Gasteiger partial charge in [0.25, 0.3) is 0 Å². The van der Waals surface area contributed by atoms with E-state index in [-0.39, 0.29) is 6.10 Å². The van der Waals surface area contributed by atoms with Gasteiger partial charge in [-0.15, -0.1) is 0 Å². The van der Waals surface area contributed by atoms with E-state index in [2.05, 4.69) is 25.8 Å². The van der Waals surface area contributed by atoms with Gasteiger partial charge >= 0.3 is 0 Å². The van der Waals surface area contributed by atoms with Crippen molar-refractivity contribution in [2.24, 2.45) is 11.8 Å². The second-order valence-corrected chi connectivity index (χ2v) is 5.16. The second-order valence-electron chi connectivity index (χ2n) is 5.16. The number of rotatable bonds is 6. The molecule has 1 aliphatic carbocycles. The molecule has 0 aromatic rings. The molecule has 2 unspecified atom stereocenters. The summed E-state index contributed by atoms with van der Waals surface area (Å²) in [6, 6.07) is 0. The van der Waals surface area contributed by atoms with Gasteiger partial charge in [0.05, 0.1) is 6.10 Å². The summed E-state index contributed by atoms with van der Waals surface area (Å²) in [6.07, 6.45) is 5.96. The van der Waals surface area contributed by atoms with Crippen molar-refractivity contribution in [1.29, 1.82) is 0 Å². The van der Waals surface area contributed by atoms with Crippen LogP contribution in [-0.2, 0) is 0 Å². The minimum Gasteiger partial charge on any atom is -0.393 e. The molecular weight excluding hydrogens is 186 g/mol. The Morgan fingerprint density at radius 2 is 1.93 bits per heavy atom. The fourth-order valence-electron chi connectivity index (χ4n) is 2.69. The summed E-state index contributed by atoms with van der Waals surface area (Å²) < 4.78 is 0. The van der Waals surface area contributed by atoms with E-state index in [9.17, 15) is 5.11 Å². The first-order chi connectivity index (χ1) is 7.17. The first-order valence-corrected chi connectivity index (χ1v) is 6.53. The summed E-state index contributed by atoms with van der Waals surface area (Å²) in [6.45, 7) is 6.81. The summed E-state index contributed by atoms with van der Waals surface area (Å²) >= 11 is 0. The molecule has 0 spiro atoms. The molecule has 2 heteroatoms. The van der Waals surface area contributed by atoms with E-state index in [1.54, 1.807) is 0 Å². The van der Waals surface area contributed by atoms with E-state index in [4.69, 9.17) is 0 Å². The molecule has 1 N–H and O–H groups in total. The van der Waals surface area contributed by atoms with Crippen LogP contribution < -0.4 is 0 Å². The Hall–Kier alpha value is -0.0800. The first kappa shape index (κ1) is 13.0. The fourth-order valence-corrected chi connectivity index (χ4v) is 2.69. The molecule has 0 radical (unpaired) electrons. The number of aliphatic hydroxyl groups excluding tert-OH is 1. The lowest BCUT2D eigenvalue weighted by atomic mass is 10.0. The largest absolute Gasteiger partial charge is 0.393 e. The highest BCUT2D eigenvalue weighted by molar-refractivity contribution is 4.79. The summed E-state index contributed by atoms with van der Waals surface area (Å²) in [5, 5.41) is 9.76. The van der Waals surface area contributed by atoms with Crippen molar-refractivity contribution in [2.45, 2.75) is 52.1 Å². The predicted octanol–water partition coefficient (Wildman–Crippen LogP) is 2.52. The van der Waals surface area contributed by atoms with Crippen molar-refractivity contribution < 1.29 is 5.11 Å². The molecule has 0 saturated heterocycles. The van der Waals surface area contributed by atoms with Crippen LogP contribution in [0.5, 0.6) is 0 Å². The van der Waals surface area contributed by atoms with Crippen LogP contribution in [0.4, 0.5) is 0 Å². The van der Waals surface area contributed by atoms with Gasteiger partial charge in [0.1, 0.15) is 0 Å². The highest BCUT2D eigenvalue weighted by Gasteiger charge is 2.26. The zero-order chi connectivity index (χ0) is 11.3. The Balaban J connectivity index is 2.25. The Morgan fingerprint density at radius 3 is 2.40 bits per heavy atom. The molecule has 0 bridgehead atoms. The monoisotopic (exact) mass is 213 g/mol. The van der Waals surface area contributed by atoms with E-state index >= 15 is 0 Å². The average Bonchev–Trinajstić information content (AvgIpc) is 2.61. The highest BCUT2D eigenvalue weighted by Crippen LogP contribution is 2.26. The molecule has 1 saturated carbocycles. The van der Waals surface area contributed by atoms with Gasteiger partial charge in [0.15, 0.2) is 0 Å². The average molecular weight is 213 g/mol. The quantitative estimate of drug-likeness (QED) is 0.733. The summed E-state index contributed by atoms with van der Waals surface area (Å²) in [5.41, 5.74) is 0. The lowest BCUT2D eigenvalue weighted by Crippen LogP contribution is -2.33. The molecule has 1 fully saturated rings. The van der Waals surface area contributed by atoms with Crippen molar-refractivity contribution >= 4 is 0 Å². The number of aliphatic hydroxyl groups is 1. The predicted molar refractivity (Wildman–Crippen MR) is 64.9 cm³/mol. The van der Waals surface area contributed by atoms with Crippen LogP contribution >= 0.6 is 0 Å². The highest BCUT2D eigenvalue weighted by atomic mass is 16.3. The topological polar surface area (TPSA) is 23.5 Å². The minimum atomic E-state index is -0.0332. The third-order valence-electron chi connectivity index (χ3n) is 3.89. The summed E-state index contributed by atoms with van der Waals surface area (Å²) in [4.78, 5) is 2.41. The normalized spacial score (nSPS) is 26.8. The molecule has 1 aliphatic rings. The van der Waals surface area contributed by atoms with Crippen LogP contribution in [-0.4, -0.2) is 36.2 Å². The van der Waals surface area contributed by atoms with Crippen molar-refractivity contribution in [1.82, 2.24) is 4.90 Å². The molecule has 2 atom stereocenters. The van der Waals surface area contributed by atoms with E-state index < -0.39 is 0 Å². The van der Waals surface area contributed by atoms with Gasteiger partial charge in [-0.2, -0.15) is 0 Å². The zero-order valence-corrected chi connectivity index (χ0v) is 10.6. The summed E-state index contributed by atoms with van der Waals surface area (Å²) in [5.74, 6) is 1.36. The van der Waals surface area contributed by atoms with Crippen LogP contribution in [0, 0.1) is 11.8 Å². The number of nitrogens with zero attached hydrogens (tertiary/aromatic N) is 1. The maximum absolute atomic E-state index is 9.76. The molecule has 2 nitrogen and oxygen atoms in total. The lowest BCUT2D eigenvalue weighted by molar-refractivity contribution is 0.104. The maximum atomic E-state index is 9.76. The third-order valence-corrected chi connectivity index (χ3v) is 3.89. The Bertz CT molecular complexity index is 168. The van der Waals surface area contributed by atoms with Gasteiger partial charge in [0.2, 0.25) is 0 Å². The van der Waals surface area contributed by atoms with Crippen LogP contribution in [0.15, 0.2) is 0 Å². The van der Waals surface area contributed by atoms with Crippen LogP contribution in [0.1, 0.15) is 46.0 Å². The molecule has 0 aliphatic heterocycles. The molecule has 0 aromatic heterocycles. The maximum Gasteiger partial charge on any atom is 0.0580 e. The fraction of sp³-hybridized carbons (Fsp3) is 1.00. The Kier molecular flexibility index (Phi) is 5.62. The Labute approximate surface area is 94.7 Å². The molecule has 1 rings (SSSR count). The van der Waals surface area contributed by atoms with Crippen LogP contribution in [0.25, 0.3) is 0 Å². The van der Waals surface area contributed by atoms with E-state index in [0.717, 1.165) is 18.9 Å². The zero-order valence-electron chi connectivity index (χ0n) is 10.6. The van der Waals surface area contributed by atoms with Gasteiger partial charge in [-0.3, -0.25) is 0 Å². The van der Waals surface area contributed by atoms with E-state index in [1.165, 1.54) is 32.2 Å². The van der Waals surface area contributed by atoms with Crippen molar-refractivity contribution in [3.05, 3.63) is 0 Å². The van der Waals surface area contributed by atoms with E-state index in [0.29, 0.717) is 5.92 Å². The van der Waals surface area contributed by atoms with Gasteiger partial charge in [0, 0.05) is 13.1 Å². The van der Waals surface area contributed by atoms with Gasteiger partial charge in [-0.1, -0.05) is 33.1 Å². The van der Waals surface area contributed by atoms with Crippen molar-refractivity contribution in [2.75, 3.05) is 20.1 Å². The lowest BCUT2D eigenvalue weighted by Gasteiger charge is -2.26. The molecular formula is C13H27NO. The third kappa shape index (κ3) is 4.12. The van der Waals surface area contributed by atoms with Crippen molar-refractivity contribution in [3.8, 4) is 0 Å². The molecule has 0 aromatic carbocycles. The van der Waals surface area contributed by atoms with Gasteiger partial charge in [-0.05, 0) is 31.7 Å². The number of hydrogen-bond acceptors (Lipinski definition) is 2. The second kappa shape index (κ2) is 6.49. The van der Waals surface area contributed by atoms with Crippen LogP contribution in [0.3, 0.4) is 0 Å². The van der Waals surface area contributed by atoms with Crippen molar-refractivity contribution in [3.63, 3.8) is 0 Å². The number of hydrogen-bond donors (Lipinski definition) is 1. The standard InChI is InChI=1S/C13H27NO/c1-4-11(5-2)9-14(3)10-12-7-6-8-13(12)15/h11-13,15H,4-10H2,1-3H3. The molecule has 0 heterocycles. The van der Waals surface area contributed by atoms with E-state index in [1.807, 2.05) is 0 Å². The Morgan fingerprint density at radius 1 is 1.27 bits per heavy atom. The van der Waals surface area contributed by atoms with Gasteiger partial charge < -0.3 is 10.0 Å². The minimum absolute atomic E-state index is 0.0332. The van der Waals surface area contributed by atoms with Crippen LogP contribution in [0.2, 0.25) is 0 Å². The smallest absolute Gasteiger partial charge is 0.0580 e. The van der Waals surface area contributed by atoms with Gasteiger partial charge in [-0.25, -0.2) is 0 Å². The molecule has 15 heavy (non-hydrogen) atoms. The summed E-state index contributed by atoms with van der Waals surface area (Å²) in [7, 11) is 2.20. The first-order valence-electron chi connectivity index (χ1n) is 6.53. The molecule has 0 amide bonds.